The molecular formula is C18H16ClNOS. The van der Waals surface area contributed by atoms with Gasteiger partial charge in [0.25, 0.3) is 5.91 Å². The molecule has 1 atom stereocenters. The van der Waals surface area contributed by atoms with E-state index in [4.69, 9.17) is 11.6 Å². The molecule has 3 rings (SSSR count). The summed E-state index contributed by atoms with van der Waals surface area (Å²) in [5.41, 5.74) is 1.79. The maximum absolute atomic E-state index is 12.3. The van der Waals surface area contributed by atoms with Gasteiger partial charge in [-0.1, -0.05) is 41.9 Å². The molecule has 4 heteroatoms. The van der Waals surface area contributed by atoms with Crippen molar-refractivity contribution in [3.63, 3.8) is 0 Å². The summed E-state index contributed by atoms with van der Waals surface area (Å²) in [6.07, 6.45) is 0.806. The predicted octanol–water partition coefficient (Wildman–Crippen LogP) is 4.92. The maximum atomic E-state index is 12.3. The highest BCUT2D eigenvalue weighted by molar-refractivity contribution is 7.17. The van der Waals surface area contributed by atoms with E-state index in [1.54, 1.807) is 23.5 Å². The number of nitrogens with one attached hydrogen (secondary N) is 1. The molecule has 1 unspecified atom stereocenters. The molecule has 0 aliphatic rings. The van der Waals surface area contributed by atoms with Crippen LogP contribution in [0, 0.1) is 0 Å². The highest BCUT2D eigenvalue weighted by Gasteiger charge is 2.14. The molecule has 0 bridgehead atoms. The highest BCUT2D eigenvalue weighted by Crippen LogP contribution is 2.26. The summed E-state index contributed by atoms with van der Waals surface area (Å²) in [6, 6.07) is 15.5. The second-order valence-electron chi connectivity index (χ2n) is 5.32. The van der Waals surface area contributed by atoms with Crippen LogP contribution >= 0.6 is 22.9 Å². The molecule has 1 heterocycles. The van der Waals surface area contributed by atoms with Crippen LogP contribution in [-0.4, -0.2) is 11.9 Å². The molecule has 0 saturated carbocycles. The van der Waals surface area contributed by atoms with Crippen LogP contribution < -0.4 is 5.32 Å². The molecule has 0 spiro atoms. The van der Waals surface area contributed by atoms with E-state index in [1.165, 1.54) is 15.6 Å². The molecule has 22 heavy (non-hydrogen) atoms. The fourth-order valence-electron chi connectivity index (χ4n) is 2.52. The summed E-state index contributed by atoms with van der Waals surface area (Å²) in [5.74, 6) is -0.127. The minimum absolute atomic E-state index is 0.0433. The first-order valence-corrected chi connectivity index (χ1v) is 8.41. The Balaban J connectivity index is 1.71. The molecule has 1 N–H and O–H groups in total. The van der Waals surface area contributed by atoms with Gasteiger partial charge in [-0.15, -0.1) is 11.3 Å². The molecule has 0 radical (unpaired) electrons. The van der Waals surface area contributed by atoms with E-state index in [0.717, 1.165) is 6.42 Å². The lowest BCUT2D eigenvalue weighted by Crippen LogP contribution is -2.34. The normalized spacial score (nSPS) is 12.3. The summed E-state index contributed by atoms with van der Waals surface area (Å²) >= 11 is 7.80. The van der Waals surface area contributed by atoms with Crippen molar-refractivity contribution in [1.82, 2.24) is 5.32 Å². The van der Waals surface area contributed by atoms with Crippen molar-refractivity contribution in [2.24, 2.45) is 0 Å². The zero-order valence-electron chi connectivity index (χ0n) is 12.2. The molecular weight excluding hydrogens is 314 g/mol. The smallest absolute Gasteiger partial charge is 0.253 e. The lowest BCUT2D eigenvalue weighted by atomic mass is 10.1. The van der Waals surface area contributed by atoms with Gasteiger partial charge in [-0.25, -0.2) is 0 Å². The SMILES string of the molecule is CC(Cc1csc2ccccc12)NC(=O)c1ccccc1Cl. The second kappa shape index (κ2) is 6.51. The predicted molar refractivity (Wildman–Crippen MR) is 93.9 cm³/mol. The number of fused-ring (bicyclic) bond motifs is 1. The molecule has 2 nitrogen and oxygen atoms in total. The van der Waals surface area contributed by atoms with E-state index in [1.807, 2.05) is 31.2 Å². The van der Waals surface area contributed by atoms with Crippen molar-refractivity contribution < 1.29 is 4.79 Å². The van der Waals surface area contributed by atoms with Crippen LogP contribution in [0.1, 0.15) is 22.8 Å². The second-order valence-corrected chi connectivity index (χ2v) is 6.63. The molecule has 1 amide bonds. The van der Waals surface area contributed by atoms with Crippen molar-refractivity contribution in [2.75, 3.05) is 0 Å². The molecule has 0 saturated heterocycles. The van der Waals surface area contributed by atoms with Gasteiger partial charge >= 0.3 is 0 Å². The first-order chi connectivity index (χ1) is 10.6. The van der Waals surface area contributed by atoms with Crippen LogP contribution in [0.5, 0.6) is 0 Å². The Morgan fingerprint density at radius 2 is 1.91 bits per heavy atom. The monoisotopic (exact) mass is 329 g/mol. The number of benzene rings is 2. The Morgan fingerprint density at radius 1 is 1.18 bits per heavy atom. The largest absolute Gasteiger partial charge is 0.349 e. The average Bonchev–Trinajstić information content (AvgIpc) is 2.91. The number of halogens is 1. The van der Waals surface area contributed by atoms with Crippen LogP contribution in [0.3, 0.4) is 0 Å². The Hall–Kier alpha value is -1.84. The van der Waals surface area contributed by atoms with Gasteiger partial charge in [0.15, 0.2) is 0 Å². The van der Waals surface area contributed by atoms with Gasteiger partial charge in [0.2, 0.25) is 0 Å². The molecule has 112 valence electrons. The molecule has 0 fully saturated rings. The van der Waals surface area contributed by atoms with Gasteiger partial charge in [-0.2, -0.15) is 0 Å². The highest BCUT2D eigenvalue weighted by atomic mass is 35.5. The number of carbonyl (C=O) groups excluding carboxylic acids is 1. The zero-order chi connectivity index (χ0) is 15.5. The van der Waals surface area contributed by atoms with Crippen molar-refractivity contribution in [3.05, 3.63) is 70.1 Å². The van der Waals surface area contributed by atoms with Crippen LogP contribution in [0.2, 0.25) is 5.02 Å². The third-order valence-electron chi connectivity index (χ3n) is 3.58. The van der Waals surface area contributed by atoms with E-state index in [-0.39, 0.29) is 11.9 Å². The van der Waals surface area contributed by atoms with Crippen molar-refractivity contribution in [3.8, 4) is 0 Å². The number of hydrogen-bond donors (Lipinski definition) is 1. The van der Waals surface area contributed by atoms with Crippen LogP contribution in [0.15, 0.2) is 53.9 Å². The fraction of sp³-hybridized carbons (Fsp3) is 0.167. The Bertz CT molecular complexity index is 811. The first-order valence-electron chi connectivity index (χ1n) is 7.15. The molecule has 2 aromatic carbocycles. The van der Waals surface area contributed by atoms with E-state index in [2.05, 4.69) is 22.8 Å². The topological polar surface area (TPSA) is 29.1 Å². The lowest BCUT2D eigenvalue weighted by Gasteiger charge is -2.14. The molecule has 1 aromatic heterocycles. The summed E-state index contributed by atoms with van der Waals surface area (Å²) in [6.45, 7) is 2.02. The number of rotatable bonds is 4. The number of amides is 1. The van der Waals surface area contributed by atoms with Crippen molar-refractivity contribution >= 4 is 38.9 Å². The number of thiophene rings is 1. The van der Waals surface area contributed by atoms with Gasteiger partial charge in [0.05, 0.1) is 10.6 Å². The van der Waals surface area contributed by atoms with Gasteiger partial charge in [0.1, 0.15) is 0 Å². The van der Waals surface area contributed by atoms with Gasteiger partial charge in [-0.05, 0) is 47.9 Å². The maximum Gasteiger partial charge on any atom is 0.253 e. The summed E-state index contributed by atoms with van der Waals surface area (Å²) in [7, 11) is 0. The summed E-state index contributed by atoms with van der Waals surface area (Å²) < 4.78 is 1.28. The van der Waals surface area contributed by atoms with E-state index in [0.29, 0.717) is 10.6 Å². The summed E-state index contributed by atoms with van der Waals surface area (Å²) in [4.78, 5) is 12.3. The van der Waals surface area contributed by atoms with Crippen LogP contribution in [0.25, 0.3) is 10.1 Å². The van der Waals surface area contributed by atoms with Crippen molar-refractivity contribution in [1.29, 1.82) is 0 Å². The summed E-state index contributed by atoms with van der Waals surface area (Å²) in [5, 5.41) is 6.94. The Labute approximate surface area is 138 Å². The van der Waals surface area contributed by atoms with E-state index < -0.39 is 0 Å². The van der Waals surface area contributed by atoms with Gasteiger partial charge in [0, 0.05) is 10.7 Å². The third kappa shape index (κ3) is 3.16. The standard InChI is InChI=1S/C18H16ClNOS/c1-12(20-18(21)15-7-2-4-8-16(15)19)10-13-11-22-17-9-5-3-6-14(13)17/h2-9,11-12H,10H2,1H3,(H,20,21). The van der Waals surface area contributed by atoms with E-state index in [9.17, 15) is 4.79 Å². The van der Waals surface area contributed by atoms with Crippen LogP contribution in [-0.2, 0) is 6.42 Å². The van der Waals surface area contributed by atoms with Gasteiger partial charge < -0.3 is 5.32 Å². The van der Waals surface area contributed by atoms with Crippen LogP contribution in [0.4, 0.5) is 0 Å². The minimum Gasteiger partial charge on any atom is -0.349 e. The molecule has 0 aliphatic heterocycles. The lowest BCUT2D eigenvalue weighted by molar-refractivity contribution is 0.0940. The minimum atomic E-state index is -0.127. The number of carbonyl (C=O) groups is 1. The Morgan fingerprint density at radius 3 is 2.73 bits per heavy atom. The van der Waals surface area contributed by atoms with Crippen molar-refractivity contribution in [2.45, 2.75) is 19.4 Å². The quantitative estimate of drug-likeness (QED) is 0.723. The van der Waals surface area contributed by atoms with Gasteiger partial charge in [-0.3, -0.25) is 4.79 Å². The average molecular weight is 330 g/mol. The first kappa shape index (κ1) is 15.1. The zero-order valence-corrected chi connectivity index (χ0v) is 13.7. The fourth-order valence-corrected chi connectivity index (χ4v) is 3.72. The third-order valence-corrected chi connectivity index (χ3v) is 4.93. The molecule has 0 aliphatic carbocycles. The van der Waals surface area contributed by atoms with E-state index >= 15 is 0 Å². The number of hydrogen-bond acceptors (Lipinski definition) is 2. The molecule has 3 aromatic rings. The Kier molecular flexibility index (Phi) is 4.46.